The van der Waals surface area contributed by atoms with Crippen LogP contribution in [0.25, 0.3) is 0 Å². The number of aromatic amines is 1. The third-order valence-corrected chi connectivity index (χ3v) is 3.10. The van der Waals surface area contributed by atoms with Crippen LogP contribution < -0.4 is 9.44 Å². The molecule has 0 fully saturated rings. The molecule has 0 saturated carbocycles. The summed E-state index contributed by atoms with van der Waals surface area (Å²) in [7, 11) is -3.37. The van der Waals surface area contributed by atoms with Crippen molar-refractivity contribution in [3.8, 4) is 0 Å². The fraction of sp³-hybridized carbons (Fsp3) is 0.750. The molecule has 0 unspecified atom stereocenters. The topological polar surface area (TPSA) is 99.8 Å². The fourth-order valence-electron chi connectivity index (χ4n) is 1.17. The van der Waals surface area contributed by atoms with Crippen molar-refractivity contribution in [3.05, 3.63) is 12.2 Å². The highest BCUT2D eigenvalue weighted by molar-refractivity contribution is 7.87. The lowest BCUT2D eigenvalue weighted by Gasteiger charge is -2.09. The second-order valence-corrected chi connectivity index (χ2v) is 5.24. The molecule has 8 heteroatoms. The molecule has 0 saturated heterocycles. The first kappa shape index (κ1) is 13.1. The molecule has 0 spiro atoms. The van der Waals surface area contributed by atoms with Gasteiger partial charge in [0.05, 0.1) is 0 Å². The Morgan fingerprint density at radius 2 is 2.25 bits per heavy atom. The molecule has 0 bridgehead atoms. The van der Waals surface area contributed by atoms with Crippen molar-refractivity contribution < 1.29 is 8.42 Å². The largest absolute Gasteiger partial charge is 0.277 e. The van der Waals surface area contributed by atoms with Crippen molar-refractivity contribution in [2.24, 2.45) is 0 Å². The Morgan fingerprint density at radius 3 is 2.81 bits per heavy atom. The van der Waals surface area contributed by atoms with Crippen LogP contribution in [0.3, 0.4) is 0 Å². The van der Waals surface area contributed by atoms with Gasteiger partial charge in [0.25, 0.3) is 10.2 Å². The van der Waals surface area contributed by atoms with Crippen LogP contribution in [0.1, 0.15) is 26.1 Å². The summed E-state index contributed by atoms with van der Waals surface area (Å²) in [6.07, 6.45) is 2.78. The van der Waals surface area contributed by atoms with Gasteiger partial charge in [-0.05, 0) is 20.3 Å². The Labute approximate surface area is 95.2 Å². The fourth-order valence-corrected chi connectivity index (χ4v) is 2.28. The van der Waals surface area contributed by atoms with Crippen LogP contribution in [0.5, 0.6) is 0 Å². The van der Waals surface area contributed by atoms with E-state index in [-0.39, 0.29) is 6.04 Å². The van der Waals surface area contributed by atoms with Gasteiger partial charge in [-0.1, -0.05) is 0 Å². The Bertz CT molecular complexity index is 387. The third kappa shape index (κ3) is 5.19. The number of hydrogen-bond donors (Lipinski definition) is 3. The molecule has 1 aromatic heterocycles. The van der Waals surface area contributed by atoms with Crippen LogP contribution in [0, 0.1) is 0 Å². The number of hydrogen-bond acceptors (Lipinski definition) is 4. The van der Waals surface area contributed by atoms with Gasteiger partial charge < -0.3 is 0 Å². The summed E-state index contributed by atoms with van der Waals surface area (Å²) < 4.78 is 27.6. The van der Waals surface area contributed by atoms with Crippen LogP contribution >= 0.6 is 0 Å². The minimum absolute atomic E-state index is 0.105. The van der Waals surface area contributed by atoms with Gasteiger partial charge in [0.2, 0.25) is 0 Å². The Kier molecular flexibility index (Phi) is 4.84. The molecule has 92 valence electrons. The number of nitrogens with one attached hydrogen (secondary N) is 3. The van der Waals surface area contributed by atoms with Crippen molar-refractivity contribution in [3.63, 3.8) is 0 Å². The highest BCUT2D eigenvalue weighted by Crippen LogP contribution is 1.92. The molecule has 0 radical (unpaired) electrons. The maximum absolute atomic E-state index is 11.3. The molecule has 0 aromatic carbocycles. The number of nitrogens with zero attached hydrogens (tertiary/aromatic N) is 2. The summed E-state index contributed by atoms with van der Waals surface area (Å²) in [6.45, 7) is 3.92. The average Bonchev–Trinajstić information content (AvgIpc) is 2.62. The lowest BCUT2D eigenvalue weighted by Crippen LogP contribution is -2.40. The Hall–Kier alpha value is -0.990. The lowest BCUT2D eigenvalue weighted by molar-refractivity contribution is 0.552. The molecule has 0 aliphatic carbocycles. The second kappa shape index (κ2) is 5.92. The van der Waals surface area contributed by atoms with Gasteiger partial charge in [-0.15, -0.1) is 0 Å². The highest BCUT2D eigenvalue weighted by atomic mass is 32.2. The first-order valence-corrected chi connectivity index (χ1v) is 6.59. The molecule has 1 aromatic rings. The maximum Gasteiger partial charge on any atom is 0.277 e. The van der Waals surface area contributed by atoms with E-state index in [1.54, 1.807) is 13.8 Å². The summed E-state index contributed by atoms with van der Waals surface area (Å²) in [5.74, 6) is 0.760. The zero-order valence-corrected chi connectivity index (χ0v) is 10.2. The van der Waals surface area contributed by atoms with Crippen LogP contribution in [0.2, 0.25) is 0 Å². The molecule has 7 nitrogen and oxygen atoms in total. The molecule has 0 aliphatic rings. The van der Waals surface area contributed by atoms with E-state index in [1.807, 2.05) is 0 Å². The van der Waals surface area contributed by atoms with Crippen LogP contribution in [-0.2, 0) is 16.6 Å². The van der Waals surface area contributed by atoms with Crippen LogP contribution in [0.4, 0.5) is 0 Å². The quantitative estimate of drug-likeness (QED) is 0.569. The van der Waals surface area contributed by atoms with Gasteiger partial charge in [-0.3, -0.25) is 5.10 Å². The molecular formula is C8H17N5O2S. The number of H-pyrrole nitrogens is 1. The summed E-state index contributed by atoms with van der Waals surface area (Å²) in [6, 6.07) is -0.105. The molecular weight excluding hydrogens is 230 g/mol. The van der Waals surface area contributed by atoms with E-state index in [9.17, 15) is 8.42 Å². The Balaban J connectivity index is 2.20. The predicted molar refractivity (Wildman–Crippen MR) is 59.9 cm³/mol. The zero-order valence-electron chi connectivity index (χ0n) is 9.40. The van der Waals surface area contributed by atoms with Gasteiger partial charge in [0.1, 0.15) is 12.2 Å². The van der Waals surface area contributed by atoms with Gasteiger partial charge >= 0.3 is 0 Å². The highest BCUT2D eigenvalue weighted by Gasteiger charge is 2.09. The molecule has 3 N–H and O–H groups in total. The van der Waals surface area contributed by atoms with E-state index in [0.717, 1.165) is 5.82 Å². The molecule has 1 rings (SSSR count). The summed E-state index contributed by atoms with van der Waals surface area (Å²) in [5, 5.41) is 6.41. The van der Waals surface area contributed by atoms with Gasteiger partial charge in [-0.25, -0.2) is 9.71 Å². The van der Waals surface area contributed by atoms with Gasteiger partial charge in [-0.2, -0.15) is 18.2 Å². The second-order valence-electron chi connectivity index (χ2n) is 3.71. The van der Waals surface area contributed by atoms with Crippen molar-refractivity contribution in [2.45, 2.75) is 32.7 Å². The molecule has 0 aliphatic heterocycles. The standard InChI is InChI=1S/C8H17N5O2S/c1-7(2)13-16(14,15)11-5-3-4-8-9-6-10-12-8/h6-7,11,13H,3-5H2,1-2H3,(H,9,10,12). The SMILES string of the molecule is CC(C)NS(=O)(=O)NCCCc1ncn[nH]1. The van der Waals surface area contributed by atoms with E-state index < -0.39 is 10.2 Å². The Morgan fingerprint density at radius 1 is 1.50 bits per heavy atom. The van der Waals surface area contributed by atoms with Crippen molar-refractivity contribution >= 4 is 10.2 Å². The predicted octanol–water partition coefficient (Wildman–Crippen LogP) is -0.430. The summed E-state index contributed by atoms with van der Waals surface area (Å²) in [5.41, 5.74) is 0. The maximum atomic E-state index is 11.3. The molecule has 0 atom stereocenters. The first-order valence-electron chi connectivity index (χ1n) is 5.11. The minimum atomic E-state index is -3.37. The smallest absolute Gasteiger partial charge is 0.263 e. The number of rotatable bonds is 7. The van der Waals surface area contributed by atoms with E-state index in [0.29, 0.717) is 19.4 Å². The normalized spacial score (nSPS) is 12.2. The first-order chi connectivity index (χ1) is 7.49. The van der Waals surface area contributed by atoms with Gasteiger partial charge in [0, 0.05) is 19.0 Å². The minimum Gasteiger partial charge on any atom is -0.263 e. The third-order valence-electron chi connectivity index (χ3n) is 1.74. The summed E-state index contributed by atoms with van der Waals surface area (Å²) >= 11 is 0. The van der Waals surface area contributed by atoms with Crippen molar-refractivity contribution in [2.75, 3.05) is 6.54 Å². The average molecular weight is 247 g/mol. The van der Waals surface area contributed by atoms with Crippen molar-refractivity contribution in [1.29, 1.82) is 0 Å². The molecule has 1 heterocycles. The van der Waals surface area contributed by atoms with Crippen LogP contribution in [-0.4, -0.2) is 36.2 Å². The summed E-state index contributed by atoms with van der Waals surface area (Å²) in [4.78, 5) is 3.94. The van der Waals surface area contributed by atoms with E-state index >= 15 is 0 Å². The lowest BCUT2D eigenvalue weighted by atomic mass is 10.3. The number of aryl methyl sites for hydroxylation is 1. The van der Waals surface area contributed by atoms with E-state index in [1.165, 1.54) is 6.33 Å². The number of aromatic nitrogens is 3. The zero-order chi connectivity index (χ0) is 12.0. The van der Waals surface area contributed by atoms with Gasteiger partial charge in [0.15, 0.2) is 0 Å². The monoisotopic (exact) mass is 247 g/mol. The van der Waals surface area contributed by atoms with Crippen molar-refractivity contribution in [1.82, 2.24) is 24.6 Å². The molecule has 16 heavy (non-hydrogen) atoms. The molecule has 0 amide bonds. The van der Waals surface area contributed by atoms with E-state index in [2.05, 4.69) is 24.6 Å². The van der Waals surface area contributed by atoms with E-state index in [4.69, 9.17) is 0 Å². The van der Waals surface area contributed by atoms with Crippen LogP contribution in [0.15, 0.2) is 6.33 Å².